The third-order valence-corrected chi connectivity index (χ3v) is 5.09. The van der Waals surface area contributed by atoms with Crippen molar-refractivity contribution in [2.75, 3.05) is 6.61 Å². The molecule has 0 fully saturated rings. The highest BCUT2D eigenvalue weighted by molar-refractivity contribution is 8.00. The highest BCUT2D eigenvalue weighted by Crippen LogP contribution is 2.50. The van der Waals surface area contributed by atoms with E-state index in [0.29, 0.717) is 12.4 Å². The van der Waals surface area contributed by atoms with Gasteiger partial charge in [-0.2, -0.15) is 0 Å². The van der Waals surface area contributed by atoms with Crippen LogP contribution in [-0.2, 0) is 14.3 Å². The molecule has 1 atom stereocenters. The molecule has 0 saturated carbocycles. The molecule has 5 nitrogen and oxygen atoms in total. The lowest BCUT2D eigenvalue weighted by molar-refractivity contribution is -0.141. The fourth-order valence-corrected chi connectivity index (χ4v) is 3.79. The van der Waals surface area contributed by atoms with Gasteiger partial charge in [-0.05, 0) is 44.7 Å². The molecule has 1 unspecified atom stereocenters. The summed E-state index contributed by atoms with van der Waals surface area (Å²) in [5, 5.41) is 0. The van der Waals surface area contributed by atoms with Gasteiger partial charge >= 0.3 is 11.9 Å². The number of carbonyl (C=O) groups is 2. The Hall–Kier alpha value is -1.69. The Morgan fingerprint density at radius 3 is 2.39 bits per heavy atom. The molecule has 1 heterocycles. The van der Waals surface area contributed by atoms with Gasteiger partial charge in [-0.15, -0.1) is 0 Å². The van der Waals surface area contributed by atoms with E-state index in [0.717, 1.165) is 40.2 Å². The lowest BCUT2D eigenvalue weighted by atomic mass is 10.0. The maximum Gasteiger partial charge on any atom is 0.308 e. The van der Waals surface area contributed by atoms with Crippen LogP contribution in [-0.4, -0.2) is 24.0 Å². The van der Waals surface area contributed by atoms with Gasteiger partial charge in [0, 0.05) is 19.4 Å². The summed E-state index contributed by atoms with van der Waals surface area (Å²) in [6.07, 6.45) is 1.53. The monoisotopic (exact) mass is 338 g/mol. The number of benzene rings is 1. The van der Waals surface area contributed by atoms with E-state index in [1.54, 1.807) is 11.8 Å². The zero-order valence-corrected chi connectivity index (χ0v) is 15.0. The van der Waals surface area contributed by atoms with Gasteiger partial charge in [0.1, 0.15) is 16.9 Å². The minimum atomic E-state index is -0.322. The summed E-state index contributed by atoms with van der Waals surface area (Å²) in [4.78, 5) is 23.1. The highest BCUT2D eigenvalue weighted by atomic mass is 32.2. The van der Waals surface area contributed by atoms with Gasteiger partial charge in [0.15, 0.2) is 0 Å². The van der Waals surface area contributed by atoms with Crippen molar-refractivity contribution in [1.82, 2.24) is 0 Å². The standard InChI is InChI=1S/C17H22O5S/c1-9-10(2)16-17(11(3)15(9)21-13(5)19)23-14(22-16)7-6-8-20-12(4)18/h14H,6-8H2,1-5H3. The van der Waals surface area contributed by atoms with Crippen molar-refractivity contribution in [3.63, 3.8) is 0 Å². The molecule has 0 bridgehead atoms. The molecule has 0 radical (unpaired) electrons. The predicted octanol–water partition coefficient (Wildman–Crippen LogP) is 3.69. The van der Waals surface area contributed by atoms with Crippen molar-refractivity contribution in [2.24, 2.45) is 0 Å². The molecular formula is C17H22O5S. The van der Waals surface area contributed by atoms with Crippen LogP contribution < -0.4 is 9.47 Å². The van der Waals surface area contributed by atoms with Crippen molar-refractivity contribution >= 4 is 23.7 Å². The van der Waals surface area contributed by atoms with Crippen LogP contribution in [0.1, 0.15) is 43.4 Å². The second-order valence-electron chi connectivity index (χ2n) is 5.60. The molecule has 126 valence electrons. The summed E-state index contributed by atoms with van der Waals surface area (Å²) >= 11 is 1.63. The van der Waals surface area contributed by atoms with Crippen molar-refractivity contribution in [1.29, 1.82) is 0 Å². The molecule has 0 aliphatic carbocycles. The number of fused-ring (bicyclic) bond motifs is 1. The maximum absolute atomic E-state index is 11.3. The number of hydrogen-bond donors (Lipinski definition) is 0. The number of rotatable bonds is 5. The Bertz CT molecular complexity index is 639. The van der Waals surface area contributed by atoms with Crippen molar-refractivity contribution in [3.8, 4) is 11.5 Å². The Morgan fingerprint density at radius 2 is 1.78 bits per heavy atom. The summed E-state index contributed by atoms with van der Waals surface area (Å²) in [5.74, 6) is 0.919. The number of esters is 2. The lowest BCUT2D eigenvalue weighted by Gasteiger charge is -2.15. The fraction of sp³-hybridized carbons (Fsp3) is 0.529. The van der Waals surface area contributed by atoms with E-state index in [9.17, 15) is 9.59 Å². The second kappa shape index (κ2) is 7.25. The van der Waals surface area contributed by atoms with Crippen molar-refractivity contribution < 1.29 is 23.8 Å². The molecule has 1 aromatic carbocycles. The quantitative estimate of drug-likeness (QED) is 0.463. The number of thioether (sulfide) groups is 1. The first-order valence-electron chi connectivity index (χ1n) is 7.60. The van der Waals surface area contributed by atoms with Gasteiger partial charge in [0.2, 0.25) is 0 Å². The summed E-state index contributed by atoms with van der Waals surface area (Å²) in [7, 11) is 0. The SMILES string of the molecule is CC(=O)OCCCC1Oc2c(C)c(C)c(OC(C)=O)c(C)c2S1. The van der Waals surface area contributed by atoms with E-state index in [2.05, 4.69) is 0 Å². The van der Waals surface area contributed by atoms with Crippen LogP contribution in [0.4, 0.5) is 0 Å². The van der Waals surface area contributed by atoms with Crippen LogP contribution in [0.2, 0.25) is 0 Å². The Balaban J connectivity index is 2.12. The van der Waals surface area contributed by atoms with E-state index in [4.69, 9.17) is 14.2 Å². The van der Waals surface area contributed by atoms with Gasteiger partial charge < -0.3 is 14.2 Å². The topological polar surface area (TPSA) is 61.8 Å². The zero-order chi connectivity index (χ0) is 17.1. The van der Waals surface area contributed by atoms with Crippen LogP contribution in [0.15, 0.2) is 4.90 Å². The molecule has 0 N–H and O–H groups in total. The number of ether oxygens (including phenoxy) is 3. The summed E-state index contributed by atoms with van der Waals surface area (Å²) < 4.78 is 16.4. The molecule has 0 spiro atoms. The summed E-state index contributed by atoms with van der Waals surface area (Å²) in [6.45, 7) is 9.07. The smallest absolute Gasteiger partial charge is 0.308 e. The molecule has 2 rings (SSSR count). The van der Waals surface area contributed by atoms with Crippen LogP contribution in [0.25, 0.3) is 0 Å². The van der Waals surface area contributed by atoms with Crippen molar-refractivity contribution in [3.05, 3.63) is 16.7 Å². The molecule has 6 heteroatoms. The normalized spacial score (nSPS) is 15.8. The molecule has 1 aromatic rings. The largest absolute Gasteiger partial charge is 0.478 e. The molecule has 0 saturated heterocycles. The molecule has 23 heavy (non-hydrogen) atoms. The van der Waals surface area contributed by atoms with Gasteiger partial charge in [-0.25, -0.2) is 0 Å². The van der Waals surface area contributed by atoms with Gasteiger partial charge in [-0.3, -0.25) is 9.59 Å². The van der Waals surface area contributed by atoms with E-state index in [-0.39, 0.29) is 17.4 Å². The third kappa shape index (κ3) is 3.99. The Kier molecular flexibility index (Phi) is 5.57. The number of hydrogen-bond acceptors (Lipinski definition) is 6. The van der Waals surface area contributed by atoms with E-state index >= 15 is 0 Å². The van der Waals surface area contributed by atoms with E-state index in [1.807, 2.05) is 20.8 Å². The number of carbonyl (C=O) groups excluding carboxylic acids is 2. The van der Waals surface area contributed by atoms with E-state index < -0.39 is 0 Å². The lowest BCUT2D eigenvalue weighted by Crippen LogP contribution is -2.10. The van der Waals surface area contributed by atoms with Crippen LogP contribution in [0, 0.1) is 20.8 Å². The average Bonchev–Trinajstić information content (AvgIpc) is 2.90. The third-order valence-electron chi connectivity index (χ3n) is 3.76. The Labute approximate surface area is 140 Å². The summed E-state index contributed by atoms with van der Waals surface area (Å²) in [5.41, 5.74) is 2.85. The average molecular weight is 338 g/mol. The molecule has 1 aliphatic heterocycles. The first-order chi connectivity index (χ1) is 10.8. The first kappa shape index (κ1) is 17.7. The Morgan fingerprint density at radius 1 is 1.09 bits per heavy atom. The first-order valence-corrected chi connectivity index (χ1v) is 8.48. The van der Waals surface area contributed by atoms with Crippen LogP contribution >= 0.6 is 11.8 Å². The molecular weight excluding hydrogens is 316 g/mol. The second-order valence-corrected chi connectivity index (χ2v) is 6.77. The molecule has 0 aromatic heterocycles. The van der Waals surface area contributed by atoms with Gasteiger partial charge in [-0.1, -0.05) is 11.8 Å². The van der Waals surface area contributed by atoms with Crippen LogP contribution in [0.3, 0.4) is 0 Å². The van der Waals surface area contributed by atoms with Crippen molar-refractivity contribution in [2.45, 2.75) is 57.8 Å². The summed E-state index contributed by atoms with van der Waals surface area (Å²) in [6, 6.07) is 0. The highest BCUT2D eigenvalue weighted by Gasteiger charge is 2.30. The predicted molar refractivity (Wildman–Crippen MR) is 88.1 cm³/mol. The maximum atomic E-state index is 11.3. The zero-order valence-electron chi connectivity index (χ0n) is 14.1. The molecule has 0 amide bonds. The van der Waals surface area contributed by atoms with Crippen LogP contribution in [0.5, 0.6) is 11.5 Å². The fourth-order valence-electron chi connectivity index (χ4n) is 2.52. The minimum Gasteiger partial charge on any atom is -0.478 e. The van der Waals surface area contributed by atoms with Gasteiger partial charge in [0.05, 0.1) is 11.5 Å². The molecule has 1 aliphatic rings. The minimum absolute atomic E-state index is 0.00932. The van der Waals surface area contributed by atoms with Gasteiger partial charge in [0.25, 0.3) is 0 Å². The van der Waals surface area contributed by atoms with E-state index in [1.165, 1.54) is 13.8 Å².